The lowest BCUT2D eigenvalue weighted by Crippen LogP contribution is -2.13. The van der Waals surface area contributed by atoms with E-state index in [4.69, 9.17) is 14.2 Å². The lowest BCUT2D eigenvalue weighted by Gasteiger charge is -2.09. The van der Waals surface area contributed by atoms with Crippen molar-refractivity contribution in [2.24, 2.45) is 0 Å². The molecule has 0 saturated carbocycles. The number of methoxy groups -OCH3 is 1. The van der Waals surface area contributed by atoms with Crippen molar-refractivity contribution < 1.29 is 19.0 Å². The largest absolute Gasteiger partial charge is 0.497 e. The van der Waals surface area contributed by atoms with Crippen molar-refractivity contribution in [3.63, 3.8) is 0 Å². The number of aromatic amines is 1. The zero-order valence-electron chi connectivity index (χ0n) is 15.0. The average Bonchev–Trinajstić information content (AvgIpc) is 3.33. The molecule has 7 heteroatoms. The van der Waals surface area contributed by atoms with Crippen LogP contribution in [0.25, 0.3) is 11.3 Å². The Morgan fingerprint density at radius 1 is 1.22 bits per heavy atom. The van der Waals surface area contributed by atoms with Crippen molar-refractivity contribution in [2.75, 3.05) is 19.2 Å². The monoisotopic (exact) mass is 365 g/mol. The molecule has 0 spiro atoms. The second-order valence-corrected chi connectivity index (χ2v) is 6.03. The predicted octanol–water partition coefficient (Wildman–Crippen LogP) is 3.63. The summed E-state index contributed by atoms with van der Waals surface area (Å²) in [4.78, 5) is 12.8. The van der Waals surface area contributed by atoms with E-state index in [9.17, 15) is 4.79 Å². The molecule has 0 radical (unpaired) electrons. The maximum Gasteiger partial charge on any atom is 0.255 e. The number of nitrogens with zero attached hydrogens (tertiary/aromatic N) is 1. The summed E-state index contributed by atoms with van der Waals surface area (Å²) in [6.07, 6.45) is 0.700. The van der Waals surface area contributed by atoms with Crippen molar-refractivity contribution in [2.45, 2.75) is 13.3 Å². The summed E-state index contributed by atoms with van der Waals surface area (Å²) in [7, 11) is 1.57. The molecule has 0 saturated heterocycles. The number of nitrogens with one attached hydrogen (secondary N) is 2. The Balaban J connectivity index is 1.68. The Kier molecular flexibility index (Phi) is 4.42. The minimum Gasteiger partial charge on any atom is -0.497 e. The van der Waals surface area contributed by atoms with Crippen molar-refractivity contribution in [1.82, 2.24) is 10.2 Å². The van der Waals surface area contributed by atoms with Gasteiger partial charge in [0.2, 0.25) is 6.79 Å². The van der Waals surface area contributed by atoms with Gasteiger partial charge in [0.25, 0.3) is 5.91 Å². The normalized spacial score (nSPS) is 12.1. The summed E-state index contributed by atoms with van der Waals surface area (Å²) >= 11 is 0. The predicted molar refractivity (Wildman–Crippen MR) is 100 cm³/mol. The fraction of sp³-hybridized carbons (Fsp3) is 0.200. The molecule has 4 rings (SSSR count). The standard InChI is InChI=1S/C20H19N3O4/c1-3-15-19(21-20(24)13-5-4-6-14(9-13)25-2)18(23-22-15)12-7-8-16-17(10-12)27-11-26-16/h4-10H,3,11H2,1-2H3,(H,21,24)(H,22,23). The van der Waals surface area contributed by atoms with E-state index >= 15 is 0 Å². The molecule has 0 aliphatic carbocycles. The number of H-pyrrole nitrogens is 1. The minimum atomic E-state index is -0.230. The van der Waals surface area contributed by atoms with Gasteiger partial charge in [0.15, 0.2) is 11.5 Å². The zero-order chi connectivity index (χ0) is 18.8. The van der Waals surface area contributed by atoms with Crippen molar-refractivity contribution in [3.8, 4) is 28.5 Å². The van der Waals surface area contributed by atoms with Gasteiger partial charge in [0, 0.05) is 11.1 Å². The molecule has 1 aliphatic heterocycles. The molecule has 2 aromatic carbocycles. The summed E-state index contributed by atoms with van der Waals surface area (Å²) in [6, 6.07) is 12.6. The van der Waals surface area contributed by atoms with Crippen LogP contribution < -0.4 is 19.5 Å². The maximum absolute atomic E-state index is 12.8. The third-order valence-electron chi connectivity index (χ3n) is 4.41. The number of aryl methyl sites for hydroxylation is 1. The van der Waals surface area contributed by atoms with Gasteiger partial charge in [-0.3, -0.25) is 9.89 Å². The molecule has 0 bridgehead atoms. The van der Waals surface area contributed by atoms with Gasteiger partial charge in [0.05, 0.1) is 18.5 Å². The first-order valence-corrected chi connectivity index (χ1v) is 8.62. The number of anilines is 1. The van der Waals surface area contributed by atoms with E-state index in [0.717, 1.165) is 11.3 Å². The summed E-state index contributed by atoms with van der Waals surface area (Å²) in [5.41, 5.74) is 3.50. The zero-order valence-corrected chi connectivity index (χ0v) is 15.0. The van der Waals surface area contributed by atoms with Crippen LogP contribution in [0.15, 0.2) is 42.5 Å². The highest BCUT2D eigenvalue weighted by Crippen LogP contribution is 2.38. The van der Waals surface area contributed by atoms with Crippen molar-refractivity contribution in [1.29, 1.82) is 0 Å². The van der Waals surface area contributed by atoms with Crippen molar-refractivity contribution >= 4 is 11.6 Å². The van der Waals surface area contributed by atoms with Crippen LogP contribution in [0.3, 0.4) is 0 Å². The molecule has 1 amide bonds. The van der Waals surface area contributed by atoms with Crippen LogP contribution in [0.4, 0.5) is 5.69 Å². The van der Waals surface area contributed by atoms with Crippen LogP contribution in [0.1, 0.15) is 23.0 Å². The molecule has 1 aromatic heterocycles. The molecule has 138 valence electrons. The molecule has 0 unspecified atom stereocenters. The number of hydrogen-bond acceptors (Lipinski definition) is 5. The van der Waals surface area contributed by atoms with E-state index in [1.165, 1.54) is 0 Å². The third kappa shape index (κ3) is 3.19. The molecular formula is C20H19N3O4. The number of carbonyl (C=O) groups is 1. The molecule has 7 nitrogen and oxygen atoms in total. The molecule has 27 heavy (non-hydrogen) atoms. The van der Waals surface area contributed by atoms with Gasteiger partial charge >= 0.3 is 0 Å². The van der Waals surface area contributed by atoms with Crippen LogP contribution in [0.5, 0.6) is 17.2 Å². The van der Waals surface area contributed by atoms with Gasteiger partial charge in [-0.1, -0.05) is 13.0 Å². The molecule has 1 aliphatic rings. The van der Waals surface area contributed by atoms with Gasteiger partial charge in [-0.25, -0.2) is 0 Å². The van der Waals surface area contributed by atoms with Gasteiger partial charge in [-0.2, -0.15) is 5.10 Å². The topological polar surface area (TPSA) is 85.5 Å². The van der Waals surface area contributed by atoms with Gasteiger partial charge in [0.1, 0.15) is 11.4 Å². The number of rotatable bonds is 5. The number of hydrogen-bond donors (Lipinski definition) is 2. The quantitative estimate of drug-likeness (QED) is 0.721. The second kappa shape index (κ2) is 7.03. The van der Waals surface area contributed by atoms with Crippen LogP contribution >= 0.6 is 0 Å². The van der Waals surface area contributed by atoms with Crippen LogP contribution in [-0.4, -0.2) is 30.0 Å². The molecule has 2 N–H and O–H groups in total. The molecule has 2 heterocycles. The number of aromatic nitrogens is 2. The first-order valence-electron chi connectivity index (χ1n) is 8.62. The smallest absolute Gasteiger partial charge is 0.255 e. The first-order chi connectivity index (χ1) is 13.2. The number of benzene rings is 2. The van der Waals surface area contributed by atoms with Gasteiger partial charge in [-0.15, -0.1) is 0 Å². The average molecular weight is 365 g/mol. The molecular weight excluding hydrogens is 346 g/mol. The molecule has 0 fully saturated rings. The fourth-order valence-electron chi connectivity index (χ4n) is 2.97. The first kappa shape index (κ1) is 17.0. The number of fused-ring (bicyclic) bond motifs is 1. The highest BCUT2D eigenvalue weighted by atomic mass is 16.7. The fourth-order valence-corrected chi connectivity index (χ4v) is 2.97. The number of ether oxygens (including phenoxy) is 3. The SMILES string of the molecule is CCc1[nH]nc(-c2ccc3c(c2)OCO3)c1NC(=O)c1cccc(OC)c1. The van der Waals surface area contributed by atoms with Gasteiger partial charge in [-0.05, 0) is 42.8 Å². The second-order valence-electron chi connectivity index (χ2n) is 6.03. The van der Waals surface area contributed by atoms with Crippen molar-refractivity contribution in [3.05, 3.63) is 53.7 Å². The Bertz CT molecular complexity index is 997. The lowest BCUT2D eigenvalue weighted by atomic mass is 10.1. The van der Waals surface area contributed by atoms with E-state index in [0.29, 0.717) is 40.6 Å². The highest BCUT2D eigenvalue weighted by molar-refractivity contribution is 6.06. The van der Waals surface area contributed by atoms with Gasteiger partial charge < -0.3 is 19.5 Å². The van der Waals surface area contributed by atoms with E-state index < -0.39 is 0 Å². The Labute approximate surface area is 156 Å². The number of carbonyl (C=O) groups excluding carboxylic acids is 1. The summed E-state index contributed by atoms with van der Waals surface area (Å²) in [5, 5.41) is 10.4. The highest BCUT2D eigenvalue weighted by Gasteiger charge is 2.20. The number of amides is 1. The van der Waals surface area contributed by atoms with Crippen LogP contribution in [-0.2, 0) is 6.42 Å². The minimum absolute atomic E-state index is 0.207. The Morgan fingerprint density at radius 2 is 2.07 bits per heavy atom. The summed E-state index contributed by atoms with van der Waals surface area (Å²) in [6.45, 7) is 2.21. The molecule has 3 aromatic rings. The van der Waals surface area contributed by atoms with Crippen LogP contribution in [0, 0.1) is 0 Å². The summed E-state index contributed by atoms with van der Waals surface area (Å²) in [5.74, 6) is 1.76. The van der Waals surface area contributed by atoms with E-state index in [1.807, 2.05) is 25.1 Å². The maximum atomic E-state index is 12.8. The Hall–Kier alpha value is -3.48. The Morgan fingerprint density at radius 3 is 2.89 bits per heavy atom. The van der Waals surface area contributed by atoms with E-state index in [1.54, 1.807) is 31.4 Å². The third-order valence-corrected chi connectivity index (χ3v) is 4.41. The lowest BCUT2D eigenvalue weighted by molar-refractivity contribution is 0.102. The van der Waals surface area contributed by atoms with Crippen LogP contribution in [0.2, 0.25) is 0 Å². The summed E-state index contributed by atoms with van der Waals surface area (Å²) < 4.78 is 16.0. The van der Waals surface area contributed by atoms with E-state index in [-0.39, 0.29) is 12.7 Å². The van der Waals surface area contributed by atoms with E-state index in [2.05, 4.69) is 15.5 Å². The molecule has 0 atom stereocenters.